The van der Waals surface area contributed by atoms with Gasteiger partial charge in [-0.05, 0) is 183 Å². The summed E-state index contributed by atoms with van der Waals surface area (Å²) in [4.78, 5) is 57.8. The van der Waals surface area contributed by atoms with Gasteiger partial charge >= 0.3 is 24.7 Å². The van der Waals surface area contributed by atoms with Crippen molar-refractivity contribution in [3.8, 4) is 11.5 Å². The van der Waals surface area contributed by atoms with E-state index in [1.54, 1.807) is 55.7 Å². The van der Waals surface area contributed by atoms with E-state index in [9.17, 15) is 89.8 Å². The van der Waals surface area contributed by atoms with Gasteiger partial charge in [-0.15, -0.1) is 0 Å². The number of carbonyl (C=O) groups is 4. The summed E-state index contributed by atoms with van der Waals surface area (Å²) in [6, 6.07) is 20.6. The Kier molecular flexibility index (Phi) is 19.6. The molecule has 100 heavy (non-hydrogen) atoms. The van der Waals surface area contributed by atoms with Crippen LogP contribution in [0.5, 0.6) is 11.5 Å². The van der Waals surface area contributed by atoms with E-state index in [0.717, 1.165) is 43.2 Å². The van der Waals surface area contributed by atoms with E-state index < -0.39 is 103 Å². The number of amides is 3. The molecular formula is C68H81F13N10O8S. The number of carbonyl (C=O) groups excluding carboxylic acids is 4. The molecule has 6 aromatic rings. The van der Waals surface area contributed by atoms with Crippen molar-refractivity contribution >= 4 is 33.5 Å². The number of halogens is 13. The quantitative estimate of drug-likeness (QED) is 0.0794. The standard InChI is InChI=1S/C23H23F6N3O3.C23H27F4N3O2.C22H25F3N4O3S.3H2/c1-20(2)12-32-15(18(34)23(27,28)29)4-6-17(32)21(30-20)7-9-31(10-8-21)19(35)13-3-5-16(33)14(11-13)22(24,25)26;1-15(2)32-18-5-4-16(14-17(18)24)21(31)29-10-8-22(9-11-29)19-6-7-20(23(25,26)27)30(19)13-12-28(22)3;23-22(24,25)19-8-7-18-21(26-11-14-29(18)19)9-12-28(13-10-21)20(30)15-1-5-17(6-2-15)33(31,32)27-16-3-4-16;;;/h3-6,11,30,33H,7-10,12H2,1-2H3;4-7,14-15H,8-13H2,1-3H3;1-2,5-8,16,26-27H,3-4,9-14H2;3*1H. The number of hydrogen-bond acceptors (Lipinski definition) is 11. The number of sulfonamides is 1. The summed E-state index contributed by atoms with van der Waals surface area (Å²) in [6.45, 7) is 10.6. The molecule has 3 saturated heterocycles. The van der Waals surface area contributed by atoms with Gasteiger partial charge in [-0.1, -0.05) is 0 Å². The minimum absolute atomic E-state index is 0. The predicted molar refractivity (Wildman–Crippen MR) is 343 cm³/mol. The van der Waals surface area contributed by atoms with Gasteiger partial charge in [-0.25, -0.2) is 17.5 Å². The molecule has 0 radical (unpaired) electrons. The number of likely N-dealkylation sites (N-methyl/N-ethyl adjacent to an activating group) is 1. The van der Waals surface area contributed by atoms with E-state index in [2.05, 4.69) is 20.3 Å². The average molecular weight is 1450 g/mol. The van der Waals surface area contributed by atoms with E-state index in [0.29, 0.717) is 93.7 Å². The van der Waals surface area contributed by atoms with Gasteiger partial charge in [0.25, 0.3) is 23.5 Å². The second kappa shape index (κ2) is 26.8. The number of Topliss-reactive ketones (excluding diaryl/α,β-unsaturated/α-hetero) is 1. The number of fused-ring (bicyclic) bond motifs is 6. The van der Waals surface area contributed by atoms with Crippen molar-refractivity contribution in [1.82, 2.24) is 48.7 Å². The molecule has 32 heteroatoms. The van der Waals surface area contributed by atoms with Crippen molar-refractivity contribution in [2.45, 2.75) is 163 Å². The topological polar surface area (TPSA) is 196 Å². The van der Waals surface area contributed by atoms with Crippen molar-refractivity contribution < 1.29 is 98.8 Å². The number of aromatic hydroxyl groups is 1. The molecule has 1 saturated carbocycles. The van der Waals surface area contributed by atoms with Gasteiger partial charge < -0.3 is 43.6 Å². The predicted octanol–water partition coefficient (Wildman–Crippen LogP) is 12.4. The SMILES string of the molecule is CC(C)Oc1ccc(C(=O)N2CCC3(CC2)c2ccc(C(F)(F)F)n2CCN3C)cc1F.CC1(C)Cn2c(C(=O)C(F)(F)F)ccc2C2(CCN(C(=O)c3ccc(O)c(C(F)(F)F)c3)CC2)N1.O=C(c1ccc(S(=O)(=O)NC2CC2)cc1)N1CCC2(CC1)NCCn1c(C(F)(F)F)ccc12.[HH].[HH].[HH]. The maximum absolute atomic E-state index is 14.3. The first-order valence-corrected chi connectivity index (χ1v) is 34.1. The Bertz CT molecular complexity index is 4210. The van der Waals surface area contributed by atoms with Gasteiger partial charge in [0.2, 0.25) is 10.0 Å². The zero-order valence-corrected chi connectivity index (χ0v) is 55.9. The molecule has 3 aromatic heterocycles. The molecule has 9 heterocycles. The number of ether oxygens (including phenoxy) is 1. The molecule has 18 nitrogen and oxygen atoms in total. The summed E-state index contributed by atoms with van der Waals surface area (Å²) < 4.78 is 210. The van der Waals surface area contributed by atoms with E-state index >= 15 is 0 Å². The van der Waals surface area contributed by atoms with Crippen LogP contribution in [0.4, 0.5) is 57.1 Å². The number of ketones is 1. The van der Waals surface area contributed by atoms with Crippen LogP contribution in [0.3, 0.4) is 0 Å². The lowest BCUT2D eigenvalue weighted by molar-refractivity contribution is -0.145. The van der Waals surface area contributed by atoms with Gasteiger partial charge in [0, 0.05) is 122 Å². The zero-order valence-electron chi connectivity index (χ0n) is 55.1. The van der Waals surface area contributed by atoms with Crippen LogP contribution in [-0.4, -0.2) is 154 Å². The van der Waals surface area contributed by atoms with Crippen LogP contribution in [0.25, 0.3) is 0 Å². The maximum atomic E-state index is 14.3. The molecule has 6 aliphatic heterocycles. The molecule has 0 unspecified atom stereocenters. The first-order valence-electron chi connectivity index (χ1n) is 32.6. The number of nitrogens with one attached hydrogen (secondary N) is 3. The second-order valence-electron chi connectivity index (χ2n) is 27.4. The summed E-state index contributed by atoms with van der Waals surface area (Å²) in [5.74, 6) is -4.57. The van der Waals surface area contributed by atoms with Crippen LogP contribution in [0, 0.1) is 5.82 Å². The Labute approximate surface area is 571 Å². The van der Waals surface area contributed by atoms with Gasteiger partial charge in [-0.3, -0.25) is 29.4 Å². The minimum Gasteiger partial charge on any atom is -0.507 e. The number of phenols is 1. The number of aromatic nitrogens is 3. The normalized spacial score (nSPS) is 19.6. The highest BCUT2D eigenvalue weighted by Crippen LogP contribution is 2.47. The van der Waals surface area contributed by atoms with Gasteiger partial charge in [0.1, 0.15) is 17.1 Å². The molecular weight excluding hydrogens is 1360 g/mol. The average Bonchev–Trinajstić information content (AvgIpc) is 1.68. The molecule has 3 spiro atoms. The number of hydrogen-bond donors (Lipinski definition) is 4. The maximum Gasteiger partial charge on any atom is 0.456 e. The van der Waals surface area contributed by atoms with Crippen molar-refractivity contribution in [3.05, 3.63) is 159 Å². The highest BCUT2D eigenvalue weighted by atomic mass is 32.2. The van der Waals surface area contributed by atoms with Crippen LogP contribution in [0.15, 0.2) is 102 Å². The highest BCUT2D eigenvalue weighted by Gasteiger charge is 2.52. The van der Waals surface area contributed by atoms with Crippen LogP contribution < -0.4 is 20.1 Å². The summed E-state index contributed by atoms with van der Waals surface area (Å²) >= 11 is 0. The van der Waals surface area contributed by atoms with Gasteiger partial charge in [-0.2, -0.15) is 52.7 Å². The fourth-order valence-corrected chi connectivity index (χ4v) is 16.2. The van der Waals surface area contributed by atoms with E-state index in [-0.39, 0.29) is 95.6 Å². The molecule has 0 bridgehead atoms. The molecule has 4 fully saturated rings. The largest absolute Gasteiger partial charge is 0.507 e. The Hall–Kier alpha value is -7.94. The number of nitrogens with zero attached hydrogens (tertiary/aromatic N) is 7. The second-order valence-corrected chi connectivity index (χ2v) is 29.1. The molecule has 548 valence electrons. The van der Waals surface area contributed by atoms with Crippen molar-refractivity contribution in [2.24, 2.45) is 0 Å². The van der Waals surface area contributed by atoms with Crippen LogP contribution in [0.2, 0.25) is 0 Å². The molecule has 7 aliphatic rings. The number of likely N-dealkylation sites (tertiary alicyclic amines) is 3. The smallest absolute Gasteiger partial charge is 0.456 e. The lowest BCUT2D eigenvalue weighted by Gasteiger charge is -2.51. The number of piperidine rings is 3. The van der Waals surface area contributed by atoms with Crippen molar-refractivity contribution in [1.29, 1.82) is 0 Å². The zero-order chi connectivity index (χ0) is 72.7. The molecule has 0 atom stereocenters. The lowest BCUT2D eigenvalue weighted by atomic mass is 9.79. The fourth-order valence-electron chi connectivity index (χ4n) is 14.8. The third kappa shape index (κ3) is 14.8. The fraction of sp³-hybridized carbons (Fsp3) is 0.500. The van der Waals surface area contributed by atoms with Gasteiger partial charge in [0.15, 0.2) is 11.6 Å². The third-order valence-electron chi connectivity index (χ3n) is 19.9. The van der Waals surface area contributed by atoms with Crippen LogP contribution in [0.1, 0.15) is 159 Å². The molecule has 3 aromatic carbocycles. The van der Waals surface area contributed by atoms with Crippen molar-refractivity contribution in [2.75, 3.05) is 59.4 Å². The summed E-state index contributed by atoms with van der Waals surface area (Å²) in [5.41, 5.74) is -3.53. The minimum atomic E-state index is -5.02. The number of benzene rings is 3. The summed E-state index contributed by atoms with van der Waals surface area (Å²) in [5, 5.41) is 16.4. The summed E-state index contributed by atoms with van der Waals surface area (Å²) in [6.07, 6.45) is -14.6. The van der Waals surface area contributed by atoms with E-state index in [1.807, 2.05) is 7.05 Å². The summed E-state index contributed by atoms with van der Waals surface area (Å²) in [7, 11) is -1.66. The Morgan fingerprint density at radius 2 is 1.08 bits per heavy atom. The Balaban J connectivity index is 0.000000193. The molecule has 3 amide bonds. The molecule has 4 N–H and O–H groups in total. The van der Waals surface area contributed by atoms with Crippen LogP contribution in [-0.2, 0) is 64.8 Å². The van der Waals surface area contributed by atoms with E-state index in [1.165, 1.54) is 61.1 Å². The first kappa shape index (κ1) is 73.3. The number of rotatable bonds is 9. The number of alkyl halides is 12. The molecule has 13 rings (SSSR count). The Morgan fingerprint density at radius 3 is 1.61 bits per heavy atom. The Morgan fingerprint density at radius 1 is 0.590 bits per heavy atom. The lowest BCUT2D eigenvalue weighted by Crippen LogP contribution is -2.63. The van der Waals surface area contributed by atoms with E-state index in [4.69, 9.17) is 4.74 Å². The first-order chi connectivity index (χ1) is 46.7. The molecule has 1 aliphatic carbocycles. The van der Waals surface area contributed by atoms with Gasteiger partial charge in [0.05, 0.1) is 38.9 Å². The van der Waals surface area contributed by atoms with Crippen LogP contribution >= 0.6 is 0 Å². The highest BCUT2D eigenvalue weighted by molar-refractivity contribution is 7.89. The monoisotopic (exact) mass is 1440 g/mol. The third-order valence-corrected chi connectivity index (χ3v) is 21.4. The van der Waals surface area contributed by atoms with Crippen molar-refractivity contribution in [3.63, 3.8) is 0 Å². The number of phenolic OH excluding ortho intramolecular Hbond substituents is 1.